The molecule has 142 valence electrons. The Kier molecular flexibility index (Phi) is 6.76. The Labute approximate surface area is 199 Å². The van der Waals surface area contributed by atoms with E-state index in [1.165, 1.54) is 0 Å². The number of aromatic carboxylic acids is 1. The van der Waals surface area contributed by atoms with Crippen LogP contribution in [0.5, 0.6) is 0 Å². The molecule has 0 saturated carbocycles. The Hall–Kier alpha value is -1.76. The van der Waals surface area contributed by atoms with Gasteiger partial charge in [-0.2, -0.15) is 0 Å². The van der Waals surface area contributed by atoms with Gasteiger partial charge in [-0.3, -0.25) is 4.79 Å². The molecule has 29 heavy (non-hydrogen) atoms. The molecule has 1 aromatic heterocycles. The predicted molar refractivity (Wildman–Crippen MR) is 109 cm³/mol. The number of aromatic amines is 1. The number of hydrogen-bond acceptors (Lipinski definition) is 3. The van der Waals surface area contributed by atoms with Gasteiger partial charge in [0.15, 0.2) is 0 Å². The van der Waals surface area contributed by atoms with Gasteiger partial charge in [0, 0.05) is 39.3 Å². The summed E-state index contributed by atoms with van der Waals surface area (Å²) in [6, 6.07) is 12.5. The quantitative estimate of drug-likeness (QED) is 0.492. The minimum atomic E-state index is -1.38. The summed E-state index contributed by atoms with van der Waals surface area (Å²) in [5, 5.41) is 12.8. The Balaban J connectivity index is 0.00000240. The van der Waals surface area contributed by atoms with Gasteiger partial charge in [0.05, 0.1) is 16.7 Å². The molecule has 8 heteroatoms. The first-order chi connectivity index (χ1) is 13.5. The number of carbonyl (C=O) groups excluding carboxylic acids is 2. The molecule has 1 aliphatic rings. The summed E-state index contributed by atoms with van der Waals surface area (Å²) < 4.78 is 0. The fourth-order valence-electron chi connectivity index (χ4n) is 3.55. The number of carboxylic acid groups (broad SMARTS) is 1. The maximum Gasteiger partial charge on any atom is 1.00 e. The molecule has 1 fully saturated rings. The number of carbonyl (C=O) groups is 2. The molecule has 2 aromatic carbocycles. The number of anilines is 1. The van der Waals surface area contributed by atoms with Crippen molar-refractivity contribution in [3.8, 4) is 0 Å². The molecule has 0 radical (unpaired) electrons. The topological polar surface area (TPSA) is 76.2 Å². The van der Waals surface area contributed by atoms with Crippen molar-refractivity contribution in [2.24, 2.45) is 0 Å². The van der Waals surface area contributed by atoms with Crippen LogP contribution in [-0.4, -0.2) is 23.4 Å². The summed E-state index contributed by atoms with van der Waals surface area (Å²) in [6.45, 7) is 0.609. The van der Waals surface area contributed by atoms with Crippen LogP contribution < -0.4 is 39.6 Å². The largest absolute Gasteiger partial charge is 1.00 e. The fraction of sp³-hybridized carbons (Fsp3) is 0.143. The van der Waals surface area contributed by atoms with Crippen LogP contribution in [0, 0.1) is 0 Å². The Bertz CT molecular complexity index is 1130. The molecule has 0 spiro atoms. The summed E-state index contributed by atoms with van der Waals surface area (Å²) in [5.74, 6) is -1.53. The van der Waals surface area contributed by atoms with E-state index in [0.29, 0.717) is 45.1 Å². The molecule has 0 atom stereocenters. The number of carboxylic acids is 1. The van der Waals surface area contributed by atoms with Crippen LogP contribution in [0.3, 0.4) is 0 Å². The van der Waals surface area contributed by atoms with Crippen molar-refractivity contribution >= 4 is 57.7 Å². The third-order valence-electron chi connectivity index (χ3n) is 4.79. The van der Waals surface area contributed by atoms with Crippen molar-refractivity contribution in [3.63, 3.8) is 0 Å². The second kappa shape index (κ2) is 8.94. The van der Waals surface area contributed by atoms with E-state index < -0.39 is 5.97 Å². The second-order valence-corrected chi connectivity index (χ2v) is 7.42. The molecule has 0 unspecified atom stereocenters. The summed E-state index contributed by atoms with van der Waals surface area (Å²) in [6.07, 6.45) is 2.92. The number of hydrogen-bond donors (Lipinski definition) is 1. The number of para-hydroxylation sites is 1. The summed E-state index contributed by atoms with van der Waals surface area (Å²) in [7, 11) is 0. The van der Waals surface area contributed by atoms with Gasteiger partial charge in [-0.05, 0) is 43.2 Å². The van der Waals surface area contributed by atoms with Crippen molar-refractivity contribution < 1.29 is 44.3 Å². The van der Waals surface area contributed by atoms with Crippen molar-refractivity contribution in [2.75, 3.05) is 11.4 Å². The summed E-state index contributed by atoms with van der Waals surface area (Å²) in [5.41, 5.74) is 2.00. The molecule has 1 aliphatic heterocycles. The third-order valence-corrected chi connectivity index (χ3v) is 5.31. The van der Waals surface area contributed by atoms with Gasteiger partial charge in [0.2, 0.25) is 0 Å². The number of piperidine rings is 1. The molecule has 2 heterocycles. The van der Waals surface area contributed by atoms with E-state index >= 15 is 0 Å². The molecular weight excluding hydrogens is 422 g/mol. The first-order valence-electron chi connectivity index (χ1n) is 8.75. The van der Waals surface area contributed by atoms with Gasteiger partial charge < -0.3 is 19.8 Å². The van der Waals surface area contributed by atoms with Crippen LogP contribution in [0.2, 0.25) is 10.0 Å². The molecule has 3 aromatic rings. The van der Waals surface area contributed by atoms with Gasteiger partial charge in [-0.1, -0.05) is 41.4 Å². The zero-order valence-corrected chi connectivity index (χ0v) is 19.2. The van der Waals surface area contributed by atoms with E-state index in [2.05, 4.69) is 4.98 Å². The number of benzene rings is 2. The normalized spacial score (nSPS) is 15.6. The smallest absolute Gasteiger partial charge is 0.543 e. The van der Waals surface area contributed by atoms with Gasteiger partial charge in [-0.15, -0.1) is 0 Å². The van der Waals surface area contributed by atoms with Crippen LogP contribution in [0.25, 0.3) is 17.0 Å². The maximum atomic E-state index is 13.0. The number of fused-ring (bicyclic) bond motifs is 1. The summed E-state index contributed by atoms with van der Waals surface area (Å²) in [4.78, 5) is 29.2. The summed E-state index contributed by atoms with van der Waals surface area (Å²) >= 11 is 12.3. The standard InChI is InChI=1S/C21H16Cl2N2O3.Na/c22-13-10-16(23)18-15(19(21(27)28)24-17(18)11-13)9-12-5-4-8-25(20(12)26)14-6-2-1-3-7-14;/h1-3,6-7,9-11,24H,4-5,8H2,(H,27,28);/q;+1/p-1/b12-9+;. The number of aromatic nitrogens is 1. The average Bonchev–Trinajstić information content (AvgIpc) is 3.03. The molecule has 1 N–H and O–H groups in total. The molecule has 4 rings (SSSR count). The maximum absolute atomic E-state index is 13.0. The predicted octanol–water partition coefficient (Wildman–Crippen LogP) is 1.05. The minimum Gasteiger partial charge on any atom is -0.543 e. The van der Waals surface area contributed by atoms with E-state index in [1.54, 1.807) is 23.1 Å². The first-order valence-corrected chi connectivity index (χ1v) is 9.51. The van der Waals surface area contributed by atoms with Crippen molar-refractivity contribution in [1.29, 1.82) is 0 Å². The number of amides is 1. The van der Waals surface area contributed by atoms with Crippen molar-refractivity contribution in [2.45, 2.75) is 12.8 Å². The first kappa shape index (κ1) is 21.9. The van der Waals surface area contributed by atoms with E-state index in [9.17, 15) is 14.7 Å². The fourth-order valence-corrected chi connectivity index (χ4v) is 4.15. The Morgan fingerprint density at radius 1 is 1.17 bits per heavy atom. The second-order valence-electron chi connectivity index (χ2n) is 6.58. The van der Waals surface area contributed by atoms with E-state index in [0.717, 1.165) is 12.1 Å². The van der Waals surface area contributed by atoms with E-state index in [4.69, 9.17) is 23.2 Å². The van der Waals surface area contributed by atoms with Crippen molar-refractivity contribution in [1.82, 2.24) is 4.98 Å². The third kappa shape index (κ3) is 4.25. The zero-order valence-electron chi connectivity index (χ0n) is 15.7. The van der Waals surface area contributed by atoms with E-state index in [1.807, 2.05) is 30.3 Å². The number of H-pyrrole nitrogens is 1. The number of halogens is 2. The van der Waals surface area contributed by atoms with Gasteiger partial charge in [0.1, 0.15) is 0 Å². The van der Waals surface area contributed by atoms with Crippen LogP contribution in [0.1, 0.15) is 28.9 Å². The van der Waals surface area contributed by atoms with Gasteiger partial charge in [-0.25, -0.2) is 0 Å². The Morgan fingerprint density at radius 2 is 1.90 bits per heavy atom. The number of nitrogens with zero attached hydrogens (tertiary/aromatic N) is 1. The van der Waals surface area contributed by atoms with Crippen LogP contribution in [-0.2, 0) is 4.79 Å². The van der Waals surface area contributed by atoms with Crippen LogP contribution >= 0.6 is 23.2 Å². The van der Waals surface area contributed by atoms with Crippen molar-refractivity contribution in [3.05, 3.63) is 69.3 Å². The number of rotatable bonds is 3. The minimum absolute atomic E-state index is 0. The molecule has 0 aliphatic carbocycles. The Morgan fingerprint density at radius 3 is 2.59 bits per heavy atom. The van der Waals surface area contributed by atoms with Crippen LogP contribution in [0.4, 0.5) is 5.69 Å². The molecular formula is C21H15Cl2N2NaO3. The molecule has 1 saturated heterocycles. The van der Waals surface area contributed by atoms with Gasteiger partial charge >= 0.3 is 29.6 Å². The van der Waals surface area contributed by atoms with Gasteiger partial charge in [0.25, 0.3) is 5.91 Å². The van der Waals surface area contributed by atoms with E-state index in [-0.39, 0.29) is 41.2 Å². The molecule has 0 bridgehead atoms. The van der Waals surface area contributed by atoms with Crippen LogP contribution in [0.15, 0.2) is 48.0 Å². The molecule has 5 nitrogen and oxygen atoms in total. The molecule has 1 amide bonds. The number of nitrogens with one attached hydrogen (secondary N) is 1. The SMILES string of the molecule is O=C([O-])c1[nH]c2cc(Cl)cc(Cl)c2c1/C=C1\CCCN(c2ccccc2)C1=O.[Na+]. The zero-order chi connectivity index (χ0) is 19.8. The average molecular weight is 437 g/mol. The monoisotopic (exact) mass is 436 g/mol.